The van der Waals surface area contributed by atoms with Crippen LogP contribution in [-0.4, -0.2) is 27.7 Å². The number of rotatable bonds is 2. The van der Waals surface area contributed by atoms with E-state index >= 15 is 0 Å². The summed E-state index contributed by atoms with van der Waals surface area (Å²) in [4.78, 5) is 14.5. The molecular formula is C18H19BrN2O2. The lowest BCUT2D eigenvalue weighted by Gasteiger charge is -2.42. The van der Waals surface area contributed by atoms with E-state index in [0.717, 1.165) is 48.3 Å². The highest BCUT2D eigenvalue weighted by Crippen LogP contribution is 2.36. The van der Waals surface area contributed by atoms with Crippen molar-refractivity contribution >= 4 is 15.9 Å². The zero-order chi connectivity index (χ0) is 16.0. The van der Waals surface area contributed by atoms with Gasteiger partial charge in [0.05, 0.1) is 0 Å². The van der Waals surface area contributed by atoms with Gasteiger partial charge in [0.1, 0.15) is 5.75 Å². The van der Waals surface area contributed by atoms with Gasteiger partial charge < -0.3 is 9.67 Å². The number of phenols is 1. The third-order valence-electron chi connectivity index (χ3n) is 4.99. The number of hydrogen-bond donors (Lipinski definition) is 1. The molecule has 0 amide bonds. The third-order valence-corrected chi connectivity index (χ3v) is 5.48. The van der Waals surface area contributed by atoms with Gasteiger partial charge in [0, 0.05) is 53.9 Å². The standard InChI is InChI=1S/C18H19BrN2O2/c19-15-4-5-17(22)14(7-15)11-20-8-12-6-13(10-20)16-2-1-3-18(23)21(16)9-12/h1-5,7,12-13,22H,6,8-11H2/t12-,13+/m0/s1. The van der Waals surface area contributed by atoms with Gasteiger partial charge >= 0.3 is 0 Å². The molecule has 0 unspecified atom stereocenters. The Kier molecular flexibility index (Phi) is 3.77. The summed E-state index contributed by atoms with van der Waals surface area (Å²) in [6.07, 6.45) is 1.16. The zero-order valence-electron chi connectivity index (χ0n) is 12.8. The molecule has 2 aromatic rings. The lowest BCUT2D eigenvalue weighted by atomic mass is 9.83. The van der Waals surface area contributed by atoms with Gasteiger partial charge in [-0.2, -0.15) is 0 Å². The van der Waals surface area contributed by atoms with E-state index in [1.54, 1.807) is 12.1 Å². The van der Waals surface area contributed by atoms with Crippen molar-refractivity contribution in [3.05, 3.63) is 62.5 Å². The summed E-state index contributed by atoms with van der Waals surface area (Å²) in [6.45, 7) is 3.47. The number of nitrogens with zero attached hydrogens (tertiary/aromatic N) is 2. The summed E-state index contributed by atoms with van der Waals surface area (Å²) in [5, 5.41) is 10.1. The van der Waals surface area contributed by atoms with E-state index in [9.17, 15) is 9.90 Å². The van der Waals surface area contributed by atoms with Gasteiger partial charge in [0.2, 0.25) is 0 Å². The fourth-order valence-corrected chi connectivity index (χ4v) is 4.45. The van der Waals surface area contributed by atoms with Crippen LogP contribution in [0.2, 0.25) is 0 Å². The highest BCUT2D eigenvalue weighted by molar-refractivity contribution is 9.10. The Hall–Kier alpha value is -1.59. The molecule has 1 aromatic carbocycles. The predicted molar refractivity (Wildman–Crippen MR) is 92.6 cm³/mol. The minimum atomic E-state index is 0.121. The predicted octanol–water partition coefficient (Wildman–Crippen LogP) is 2.94. The molecule has 1 saturated heterocycles. The molecule has 3 heterocycles. The molecule has 2 aliphatic heterocycles. The van der Waals surface area contributed by atoms with Gasteiger partial charge in [0.15, 0.2) is 0 Å². The van der Waals surface area contributed by atoms with E-state index in [4.69, 9.17) is 0 Å². The highest BCUT2D eigenvalue weighted by Gasteiger charge is 2.34. The average Bonchev–Trinajstić information content (AvgIpc) is 2.52. The average molecular weight is 375 g/mol. The van der Waals surface area contributed by atoms with Gasteiger partial charge in [-0.1, -0.05) is 22.0 Å². The normalized spacial score (nSPS) is 23.5. The largest absolute Gasteiger partial charge is 0.508 e. The van der Waals surface area contributed by atoms with Crippen LogP contribution in [0.4, 0.5) is 0 Å². The molecule has 0 saturated carbocycles. The first-order valence-electron chi connectivity index (χ1n) is 7.99. The van der Waals surface area contributed by atoms with Gasteiger partial charge in [0.25, 0.3) is 5.56 Å². The Bertz CT molecular complexity index is 802. The lowest BCUT2D eigenvalue weighted by molar-refractivity contribution is 0.113. The summed E-state index contributed by atoms with van der Waals surface area (Å²) in [5.74, 6) is 1.27. The molecule has 23 heavy (non-hydrogen) atoms. The van der Waals surface area contributed by atoms with Gasteiger partial charge in [-0.25, -0.2) is 0 Å². The third kappa shape index (κ3) is 2.83. The Morgan fingerprint density at radius 1 is 1.17 bits per heavy atom. The SMILES string of the molecule is O=c1cccc2n1C[C@H]1C[C@@H]2CN(Cc2cc(Br)ccc2O)C1. The molecule has 4 rings (SSSR count). The van der Waals surface area contributed by atoms with Crippen molar-refractivity contribution in [3.63, 3.8) is 0 Å². The first-order chi connectivity index (χ1) is 11.1. The number of halogens is 1. The molecule has 2 atom stereocenters. The number of hydrogen-bond acceptors (Lipinski definition) is 3. The second kappa shape index (κ2) is 5.80. The lowest BCUT2D eigenvalue weighted by Crippen LogP contribution is -2.46. The quantitative estimate of drug-likeness (QED) is 0.878. The monoisotopic (exact) mass is 374 g/mol. The van der Waals surface area contributed by atoms with Crippen molar-refractivity contribution in [1.82, 2.24) is 9.47 Å². The molecular weight excluding hydrogens is 356 g/mol. The van der Waals surface area contributed by atoms with E-state index < -0.39 is 0 Å². The Morgan fingerprint density at radius 3 is 2.91 bits per heavy atom. The molecule has 2 bridgehead atoms. The maximum atomic E-state index is 12.1. The van der Waals surface area contributed by atoms with E-state index in [1.165, 1.54) is 0 Å². The van der Waals surface area contributed by atoms with Crippen molar-refractivity contribution in [2.45, 2.75) is 25.4 Å². The Morgan fingerprint density at radius 2 is 2.04 bits per heavy atom. The minimum Gasteiger partial charge on any atom is -0.508 e. The number of piperidine rings is 1. The smallest absolute Gasteiger partial charge is 0.250 e. The number of benzene rings is 1. The van der Waals surface area contributed by atoms with Crippen LogP contribution in [0.1, 0.15) is 23.6 Å². The fourth-order valence-electron chi connectivity index (χ4n) is 4.05. The first kappa shape index (κ1) is 15.0. The number of fused-ring (bicyclic) bond motifs is 4. The number of aromatic hydroxyl groups is 1. The molecule has 1 N–H and O–H groups in total. The summed E-state index contributed by atoms with van der Waals surface area (Å²) in [6, 6.07) is 11.2. The van der Waals surface area contributed by atoms with Crippen LogP contribution in [0.25, 0.3) is 0 Å². The molecule has 2 aliphatic rings. The van der Waals surface area contributed by atoms with Gasteiger partial charge in [-0.3, -0.25) is 9.69 Å². The van der Waals surface area contributed by atoms with Crippen LogP contribution in [0.5, 0.6) is 5.75 Å². The fraction of sp³-hybridized carbons (Fsp3) is 0.389. The summed E-state index contributed by atoms with van der Waals surface area (Å²) in [5.41, 5.74) is 2.23. The van der Waals surface area contributed by atoms with Crippen molar-refractivity contribution in [2.75, 3.05) is 13.1 Å². The van der Waals surface area contributed by atoms with E-state index in [-0.39, 0.29) is 5.56 Å². The van der Waals surface area contributed by atoms with Crippen LogP contribution in [-0.2, 0) is 13.1 Å². The second-order valence-corrected chi connectivity index (χ2v) is 7.58. The molecule has 0 radical (unpaired) electrons. The van der Waals surface area contributed by atoms with E-state index in [1.807, 2.05) is 22.8 Å². The van der Waals surface area contributed by atoms with Gasteiger partial charge in [-0.05, 0) is 36.6 Å². The number of pyridine rings is 1. The van der Waals surface area contributed by atoms with Crippen LogP contribution in [0.3, 0.4) is 0 Å². The van der Waals surface area contributed by atoms with Crippen molar-refractivity contribution in [3.8, 4) is 5.75 Å². The summed E-state index contributed by atoms with van der Waals surface area (Å²) in [7, 11) is 0. The van der Waals surface area contributed by atoms with E-state index in [2.05, 4.69) is 26.9 Å². The molecule has 0 aliphatic carbocycles. The van der Waals surface area contributed by atoms with Crippen molar-refractivity contribution < 1.29 is 5.11 Å². The highest BCUT2D eigenvalue weighted by atomic mass is 79.9. The van der Waals surface area contributed by atoms with Crippen molar-refractivity contribution in [2.24, 2.45) is 5.92 Å². The van der Waals surface area contributed by atoms with Gasteiger partial charge in [-0.15, -0.1) is 0 Å². The number of likely N-dealkylation sites (tertiary alicyclic amines) is 1. The minimum absolute atomic E-state index is 0.121. The van der Waals surface area contributed by atoms with Crippen LogP contribution in [0.15, 0.2) is 45.7 Å². The molecule has 1 fully saturated rings. The topological polar surface area (TPSA) is 45.5 Å². The number of aromatic nitrogens is 1. The Balaban J connectivity index is 1.59. The first-order valence-corrected chi connectivity index (χ1v) is 8.79. The van der Waals surface area contributed by atoms with Crippen LogP contribution >= 0.6 is 15.9 Å². The van der Waals surface area contributed by atoms with Crippen LogP contribution < -0.4 is 5.56 Å². The second-order valence-electron chi connectivity index (χ2n) is 6.67. The Labute approximate surface area is 143 Å². The maximum Gasteiger partial charge on any atom is 0.250 e. The molecule has 5 heteroatoms. The summed E-state index contributed by atoms with van der Waals surface area (Å²) < 4.78 is 2.94. The molecule has 1 aromatic heterocycles. The summed E-state index contributed by atoms with van der Waals surface area (Å²) >= 11 is 3.47. The van der Waals surface area contributed by atoms with Crippen molar-refractivity contribution in [1.29, 1.82) is 0 Å². The van der Waals surface area contributed by atoms with E-state index in [0.29, 0.717) is 17.6 Å². The number of phenolic OH excluding ortho intramolecular Hbond substituents is 1. The molecule has 4 nitrogen and oxygen atoms in total. The molecule has 0 spiro atoms. The zero-order valence-corrected chi connectivity index (χ0v) is 14.4. The van der Waals surface area contributed by atoms with Crippen LogP contribution in [0, 0.1) is 5.92 Å². The molecule has 120 valence electrons. The maximum absolute atomic E-state index is 12.1.